The molecule has 1 heterocycles. The van der Waals surface area contributed by atoms with E-state index in [1.165, 1.54) is 42.5 Å². The lowest BCUT2D eigenvalue weighted by atomic mass is 10.2. The fourth-order valence-corrected chi connectivity index (χ4v) is 3.99. The topological polar surface area (TPSA) is 103 Å². The van der Waals surface area contributed by atoms with E-state index in [9.17, 15) is 22.4 Å². The molecule has 0 bridgehead atoms. The van der Waals surface area contributed by atoms with Crippen LogP contribution in [0.3, 0.4) is 0 Å². The van der Waals surface area contributed by atoms with E-state index < -0.39 is 34.2 Å². The summed E-state index contributed by atoms with van der Waals surface area (Å²) in [5.41, 5.74) is 0.398. The summed E-state index contributed by atoms with van der Waals surface area (Å²) in [7, 11) is -4.06. The number of fused-ring (bicyclic) bond motifs is 1. The molecule has 0 saturated heterocycles. The van der Waals surface area contributed by atoms with Gasteiger partial charge in [-0.2, -0.15) is 0 Å². The number of benzene rings is 3. The molecule has 0 fully saturated rings. The number of ketones is 1. The van der Waals surface area contributed by atoms with Crippen molar-refractivity contribution in [3.63, 3.8) is 0 Å². The van der Waals surface area contributed by atoms with Gasteiger partial charge in [-0.05, 0) is 48.5 Å². The van der Waals surface area contributed by atoms with E-state index in [0.29, 0.717) is 5.58 Å². The Morgan fingerprint density at radius 1 is 0.938 bits per heavy atom. The Hall–Kier alpha value is -3.98. The first kappa shape index (κ1) is 21.3. The number of nitrogens with one attached hydrogen (secondary N) is 1. The van der Waals surface area contributed by atoms with Crippen molar-refractivity contribution in [3.05, 3.63) is 96.0 Å². The Bertz CT molecular complexity index is 1380. The van der Waals surface area contributed by atoms with Crippen molar-refractivity contribution in [2.24, 2.45) is 0 Å². The van der Waals surface area contributed by atoms with Crippen LogP contribution in [-0.2, 0) is 14.8 Å². The summed E-state index contributed by atoms with van der Waals surface area (Å²) < 4.78 is 51.2. The number of hydrogen-bond donors (Lipinski definition) is 1. The highest BCUT2D eigenvalue weighted by molar-refractivity contribution is 7.92. The number of halogens is 1. The molecule has 4 aromatic rings. The van der Waals surface area contributed by atoms with E-state index in [4.69, 9.17) is 9.15 Å². The number of ether oxygens (including phenoxy) is 1. The quantitative estimate of drug-likeness (QED) is 0.328. The van der Waals surface area contributed by atoms with Crippen LogP contribution in [-0.4, -0.2) is 26.8 Å². The summed E-state index contributed by atoms with van der Waals surface area (Å²) in [6.07, 6.45) is 0. The van der Waals surface area contributed by atoms with Crippen molar-refractivity contribution in [1.29, 1.82) is 0 Å². The maximum absolute atomic E-state index is 13.7. The summed E-state index contributed by atoms with van der Waals surface area (Å²) in [6.45, 7) is -0.534. The second-order valence-corrected chi connectivity index (χ2v) is 8.44. The Morgan fingerprint density at radius 2 is 1.62 bits per heavy atom. The Balaban J connectivity index is 1.40. The third-order valence-electron chi connectivity index (χ3n) is 4.55. The molecule has 32 heavy (non-hydrogen) atoms. The van der Waals surface area contributed by atoms with Gasteiger partial charge in [0.05, 0.1) is 16.1 Å². The predicted molar refractivity (Wildman–Crippen MR) is 114 cm³/mol. The van der Waals surface area contributed by atoms with Crippen molar-refractivity contribution in [2.45, 2.75) is 4.90 Å². The van der Waals surface area contributed by atoms with Crippen LogP contribution in [0.5, 0.6) is 0 Å². The minimum atomic E-state index is -4.06. The van der Waals surface area contributed by atoms with Crippen LogP contribution in [0.4, 0.5) is 10.1 Å². The highest BCUT2D eigenvalue weighted by atomic mass is 32.2. The summed E-state index contributed by atoms with van der Waals surface area (Å²) >= 11 is 0. The van der Waals surface area contributed by atoms with Crippen LogP contribution in [0.25, 0.3) is 11.0 Å². The van der Waals surface area contributed by atoms with Crippen LogP contribution in [0.2, 0.25) is 0 Å². The van der Waals surface area contributed by atoms with E-state index in [0.717, 1.165) is 11.5 Å². The predicted octanol–water partition coefficient (Wildman–Crippen LogP) is 4.41. The SMILES string of the molecule is O=C(OCC(=O)c1cc2ccccc2o1)c1ccc(S(=O)(=O)Nc2ccccc2F)cc1. The van der Waals surface area contributed by atoms with Crippen LogP contribution in [0, 0.1) is 5.82 Å². The molecule has 1 N–H and O–H groups in total. The standard InChI is InChI=1S/C23H16FNO6S/c24-18-6-2-3-7-19(18)25-32(28,29)17-11-9-15(10-12-17)23(27)30-14-20(26)22-13-16-5-1-4-8-21(16)31-22/h1-13,25H,14H2. The normalized spacial score (nSPS) is 11.3. The van der Waals surface area contributed by atoms with Crippen molar-refractivity contribution in [3.8, 4) is 0 Å². The molecule has 0 spiro atoms. The van der Waals surface area contributed by atoms with Crippen molar-refractivity contribution < 1.29 is 31.6 Å². The van der Waals surface area contributed by atoms with Crippen molar-refractivity contribution in [2.75, 3.05) is 11.3 Å². The Morgan fingerprint density at radius 3 is 2.34 bits per heavy atom. The van der Waals surface area contributed by atoms with Gasteiger partial charge in [0.15, 0.2) is 12.4 Å². The van der Waals surface area contributed by atoms with E-state index >= 15 is 0 Å². The highest BCUT2D eigenvalue weighted by Gasteiger charge is 2.19. The minimum absolute atomic E-state index is 0.0484. The molecule has 0 radical (unpaired) electrons. The fraction of sp³-hybridized carbons (Fsp3) is 0.0435. The largest absolute Gasteiger partial charge is 0.454 e. The minimum Gasteiger partial charge on any atom is -0.454 e. The highest BCUT2D eigenvalue weighted by Crippen LogP contribution is 2.21. The number of Topliss-reactive ketones (excluding diaryl/α,β-unsaturated/α-hetero) is 1. The van der Waals surface area contributed by atoms with Gasteiger partial charge in [-0.3, -0.25) is 9.52 Å². The lowest BCUT2D eigenvalue weighted by molar-refractivity contribution is 0.0468. The second-order valence-electron chi connectivity index (χ2n) is 6.76. The maximum Gasteiger partial charge on any atom is 0.338 e. The van der Waals surface area contributed by atoms with Crippen LogP contribution >= 0.6 is 0 Å². The lowest BCUT2D eigenvalue weighted by Gasteiger charge is -2.09. The van der Waals surface area contributed by atoms with Crippen molar-refractivity contribution in [1.82, 2.24) is 0 Å². The van der Waals surface area contributed by atoms with Crippen LogP contribution < -0.4 is 4.72 Å². The molecule has 0 saturated carbocycles. The molecule has 0 aliphatic rings. The van der Waals surface area contributed by atoms with Gasteiger partial charge < -0.3 is 9.15 Å². The Kier molecular flexibility index (Phi) is 5.74. The molecule has 4 rings (SSSR count). The van der Waals surface area contributed by atoms with Gasteiger partial charge in [0.1, 0.15) is 11.4 Å². The third-order valence-corrected chi connectivity index (χ3v) is 5.93. The molecule has 0 aliphatic heterocycles. The lowest BCUT2D eigenvalue weighted by Crippen LogP contribution is -2.15. The summed E-state index contributed by atoms with van der Waals surface area (Å²) in [5, 5.41) is 0.753. The van der Waals surface area contributed by atoms with Gasteiger partial charge >= 0.3 is 5.97 Å². The van der Waals surface area contributed by atoms with Crippen molar-refractivity contribution >= 4 is 38.4 Å². The summed E-state index contributed by atoms with van der Waals surface area (Å²) in [4.78, 5) is 24.3. The first-order chi connectivity index (χ1) is 15.3. The molecular formula is C23H16FNO6S. The van der Waals surface area contributed by atoms with E-state index in [2.05, 4.69) is 4.72 Å². The second kappa shape index (κ2) is 8.64. The van der Waals surface area contributed by atoms with Crippen LogP contribution in [0.1, 0.15) is 20.9 Å². The zero-order chi connectivity index (χ0) is 22.7. The van der Waals surface area contributed by atoms with Gasteiger partial charge in [-0.25, -0.2) is 17.6 Å². The third kappa shape index (κ3) is 4.52. The average molecular weight is 453 g/mol. The first-order valence-corrected chi connectivity index (χ1v) is 10.9. The molecular weight excluding hydrogens is 437 g/mol. The fourth-order valence-electron chi connectivity index (χ4n) is 2.92. The number of sulfonamides is 1. The zero-order valence-corrected chi connectivity index (χ0v) is 17.3. The molecule has 0 atom stereocenters. The molecule has 7 nitrogen and oxygen atoms in total. The van der Waals surface area contributed by atoms with Gasteiger partial charge in [0.2, 0.25) is 5.78 Å². The molecule has 1 aromatic heterocycles. The van der Waals surface area contributed by atoms with Gasteiger partial charge in [-0.15, -0.1) is 0 Å². The zero-order valence-electron chi connectivity index (χ0n) is 16.4. The number of rotatable bonds is 7. The molecule has 3 aromatic carbocycles. The molecule has 162 valence electrons. The van der Waals surface area contributed by atoms with E-state index in [-0.39, 0.29) is 21.9 Å². The molecule has 9 heteroatoms. The average Bonchev–Trinajstić information content (AvgIpc) is 3.23. The smallest absolute Gasteiger partial charge is 0.338 e. The number of carbonyl (C=O) groups excluding carboxylic acids is 2. The molecule has 0 unspecified atom stereocenters. The Labute approximate surface area is 182 Å². The number of para-hydroxylation sites is 2. The number of carbonyl (C=O) groups is 2. The monoisotopic (exact) mass is 453 g/mol. The maximum atomic E-state index is 13.7. The summed E-state index contributed by atoms with van der Waals surface area (Å²) in [5.74, 6) is -1.96. The summed E-state index contributed by atoms with van der Waals surface area (Å²) in [6, 6.07) is 18.8. The van der Waals surface area contributed by atoms with Gasteiger partial charge in [-0.1, -0.05) is 30.3 Å². The van der Waals surface area contributed by atoms with Gasteiger partial charge in [0, 0.05) is 5.39 Å². The van der Waals surface area contributed by atoms with Crippen LogP contribution in [0.15, 0.2) is 88.2 Å². The number of hydrogen-bond acceptors (Lipinski definition) is 6. The molecule has 0 amide bonds. The molecule has 0 aliphatic carbocycles. The van der Waals surface area contributed by atoms with E-state index in [1.54, 1.807) is 24.3 Å². The van der Waals surface area contributed by atoms with Gasteiger partial charge in [0.25, 0.3) is 10.0 Å². The van der Waals surface area contributed by atoms with E-state index in [1.807, 2.05) is 6.07 Å². The number of furan rings is 1. The number of esters is 1. The number of anilines is 1. The first-order valence-electron chi connectivity index (χ1n) is 9.40.